The van der Waals surface area contributed by atoms with E-state index in [1.54, 1.807) is 4.57 Å². The minimum absolute atomic E-state index is 0.0516. The minimum Gasteiger partial charge on any atom is -0.483 e. The van der Waals surface area contributed by atoms with Crippen LogP contribution in [-0.2, 0) is 19.7 Å². The summed E-state index contributed by atoms with van der Waals surface area (Å²) in [7, 11) is 0. The van der Waals surface area contributed by atoms with Gasteiger partial charge in [-0.3, -0.25) is 14.4 Å². The lowest BCUT2D eigenvalue weighted by atomic mass is 9.93. The van der Waals surface area contributed by atoms with Crippen molar-refractivity contribution >= 4 is 11.8 Å². The van der Waals surface area contributed by atoms with Gasteiger partial charge in [-0.15, -0.1) is 0 Å². The van der Waals surface area contributed by atoms with Crippen LogP contribution in [0.25, 0.3) is 0 Å². The first kappa shape index (κ1) is 23.4. The van der Waals surface area contributed by atoms with E-state index in [4.69, 9.17) is 4.74 Å². The number of rotatable bonds is 6. The van der Waals surface area contributed by atoms with Gasteiger partial charge in [0.05, 0.1) is 5.54 Å². The van der Waals surface area contributed by atoms with Crippen molar-refractivity contribution in [2.75, 3.05) is 6.54 Å². The molecule has 3 heterocycles. The summed E-state index contributed by atoms with van der Waals surface area (Å²) in [5, 5.41) is 2.55. The van der Waals surface area contributed by atoms with Crippen LogP contribution in [0.15, 0.2) is 59.5 Å². The van der Waals surface area contributed by atoms with Crippen LogP contribution >= 0.6 is 0 Å². The molecule has 3 aromatic rings. The molecule has 2 atom stereocenters. The van der Waals surface area contributed by atoms with Crippen LogP contribution in [0.5, 0.6) is 5.75 Å². The number of halogens is 2. The van der Waals surface area contributed by atoms with Gasteiger partial charge in [0.1, 0.15) is 23.8 Å². The molecule has 7 nitrogen and oxygen atoms in total. The minimum atomic E-state index is -0.795. The summed E-state index contributed by atoms with van der Waals surface area (Å²) < 4.78 is 34.9. The van der Waals surface area contributed by atoms with Crippen molar-refractivity contribution in [1.82, 2.24) is 14.8 Å². The number of aromatic nitrogens is 1. The fraction of sp³-hybridized carbons (Fsp3) is 0.321. The van der Waals surface area contributed by atoms with E-state index in [-0.39, 0.29) is 47.2 Å². The number of carbonyl (C=O) groups is 2. The zero-order valence-corrected chi connectivity index (χ0v) is 20.0. The normalized spacial score (nSPS) is 21.5. The molecular weight excluding hydrogens is 480 g/mol. The lowest BCUT2D eigenvalue weighted by Crippen LogP contribution is -2.56. The Balaban J connectivity index is 1.36. The number of fused-ring (bicyclic) bond motifs is 2. The second kappa shape index (κ2) is 8.83. The Hall–Kier alpha value is -4.01. The first-order chi connectivity index (χ1) is 17.8. The summed E-state index contributed by atoms with van der Waals surface area (Å²) >= 11 is 0. The van der Waals surface area contributed by atoms with Crippen LogP contribution in [-0.4, -0.2) is 33.4 Å². The molecule has 1 saturated heterocycles. The van der Waals surface area contributed by atoms with Crippen molar-refractivity contribution in [2.24, 2.45) is 5.92 Å². The Morgan fingerprint density at radius 2 is 1.95 bits per heavy atom. The average molecular weight is 506 g/mol. The average Bonchev–Trinajstić information content (AvgIpc) is 3.46. The standard InChI is InChI=1S/C28H25F2N3O4/c29-20-7-6-19(22(30)10-20)12-31-26(35)21-14-32-16-28-9-8-18(11-28)13-33(28)27(36)23(32)25(24(21)34)37-15-17-4-2-1-3-5-17/h1-7,10,14,18H,8-9,11-13,15-16H2,(H,31,35)/t18?,28-/m0/s1. The molecule has 2 aliphatic heterocycles. The monoisotopic (exact) mass is 505 g/mol. The van der Waals surface area contributed by atoms with Crippen LogP contribution in [0.1, 0.15) is 51.2 Å². The van der Waals surface area contributed by atoms with Crippen LogP contribution in [0.3, 0.4) is 0 Å². The number of benzene rings is 2. The predicted molar refractivity (Wildman–Crippen MR) is 130 cm³/mol. The third-order valence-corrected chi connectivity index (χ3v) is 7.78. The maximum Gasteiger partial charge on any atom is 0.275 e. The topological polar surface area (TPSA) is 80.6 Å². The molecule has 3 aliphatic rings. The second-order valence-electron chi connectivity index (χ2n) is 10.1. The van der Waals surface area contributed by atoms with Gasteiger partial charge in [0.15, 0.2) is 11.4 Å². The Bertz CT molecular complexity index is 1470. The number of hydrogen-bond donors (Lipinski definition) is 1. The zero-order valence-electron chi connectivity index (χ0n) is 20.0. The molecule has 9 heteroatoms. The molecule has 190 valence electrons. The highest BCUT2D eigenvalue weighted by Crippen LogP contribution is 2.50. The molecule has 6 rings (SSSR count). The summed E-state index contributed by atoms with van der Waals surface area (Å²) in [5.74, 6) is -2.22. The van der Waals surface area contributed by atoms with Crippen molar-refractivity contribution in [2.45, 2.75) is 44.5 Å². The SMILES string of the molecule is O=C(NCc1ccc(F)cc1F)c1cn2c(c(OCc3ccccc3)c1=O)C(=O)N1CC3CC[C@]1(C3)C2. The van der Waals surface area contributed by atoms with E-state index in [0.717, 1.165) is 37.0 Å². The fourth-order valence-corrected chi connectivity index (χ4v) is 5.98. The van der Waals surface area contributed by atoms with Gasteiger partial charge >= 0.3 is 0 Å². The van der Waals surface area contributed by atoms with E-state index < -0.39 is 23.0 Å². The van der Waals surface area contributed by atoms with Crippen molar-refractivity contribution in [1.29, 1.82) is 0 Å². The van der Waals surface area contributed by atoms with Crippen LogP contribution in [0.2, 0.25) is 0 Å². The summed E-state index contributed by atoms with van der Waals surface area (Å²) in [6, 6.07) is 12.3. The molecule has 1 N–H and O–H groups in total. The molecule has 1 aromatic heterocycles. The molecular formula is C28H25F2N3O4. The first-order valence-corrected chi connectivity index (χ1v) is 12.3. The molecule has 1 spiro atoms. The van der Waals surface area contributed by atoms with Gasteiger partial charge in [-0.2, -0.15) is 0 Å². The Morgan fingerprint density at radius 1 is 1.14 bits per heavy atom. The number of piperidine rings is 1. The summed E-state index contributed by atoms with van der Waals surface area (Å²) in [5.41, 5.74) is -0.165. The van der Waals surface area contributed by atoms with Crippen LogP contribution in [0, 0.1) is 17.6 Å². The van der Waals surface area contributed by atoms with Gasteiger partial charge in [0.25, 0.3) is 11.8 Å². The number of nitrogens with zero attached hydrogens (tertiary/aromatic N) is 2. The van der Waals surface area contributed by atoms with Crippen molar-refractivity contribution in [3.05, 3.63) is 99.0 Å². The van der Waals surface area contributed by atoms with E-state index in [0.29, 0.717) is 19.0 Å². The van der Waals surface area contributed by atoms with Crippen molar-refractivity contribution < 1.29 is 23.1 Å². The summed E-state index contributed by atoms with van der Waals surface area (Å²) in [6.07, 6.45) is 4.24. The van der Waals surface area contributed by atoms with Gasteiger partial charge in [-0.25, -0.2) is 8.78 Å². The first-order valence-electron chi connectivity index (χ1n) is 12.3. The maximum atomic E-state index is 14.1. The van der Waals surface area contributed by atoms with Crippen molar-refractivity contribution in [3.63, 3.8) is 0 Å². The fourth-order valence-electron chi connectivity index (χ4n) is 5.98. The van der Waals surface area contributed by atoms with Gasteiger partial charge in [-0.05, 0) is 36.8 Å². The number of hydrogen-bond acceptors (Lipinski definition) is 4. The molecule has 2 fully saturated rings. The third-order valence-electron chi connectivity index (χ3n) is 7.78. The molecule has 2 bridgehead atoms. The lowest BCUT2D eigenvalue weighted by molar-refractivity contribution is 0.0394. The summed E-state index contributed by atoms with van der Waals surface area (Å²) in [6.45, 7) is 0.955. The van der Waals surface area contributed by atoms with E-state index in [1.807, 2.05) is 35.2 Å². The van der Waals surface area contributed by atoms with Crippen LogP contribution < -0.4 is 15.5 Å². The molecule has 1 saturated carbocycles. The quantitative estimate of drug-likeness (QED) is 0.555. The Labute approximate surface area is 211 Å². The number of nitrogens with one attached hydrogen (secondary N) is 1. The second-order valence-corrected chi connectivity index (χ2v) is 10.1. The molecule has 37 heavy (non-hydrogen) atoms. The highest BCUT2D eigenvalue weighted by atomic mass is 19.1. The number of carbonyl (C=O) groups excluding carboxylic acids is 2. The van der Waals surface area contributed by atoms with E-state index in [1.165, 1.54) is 12.3 Å². The van der Waals surface area contributed by atoms with Crippen LogP contribution in [0.4, 0.5) is 8.78 Å². The molecule has 1 aliphatic carbocycles. The Kier molecular flexibility index (Phi) is 5.58. The van der Waals surface area contributed by atoms with Crippen molar-refractivity contribution in [3.8, 4) is 5.75 Å². The number of pyridine rings is 1. The summed E-state index contributed by atoms with van der Waals surface area (Å²) in [4.78, 5) is 42.2. The zero-order chi connectivity index (χ0) is 25.7. The number of amides is 2. The predicted octanol–water partition coefficient (Wildman–Crippen LogP) is 3.64. The molecule has 2 aromatic carbocycles. The van der Waals surface area contributed by atoms with E-state index in [2.05, 4.69) is 5.32 Å². The van der Waals surface area contributed by atoms with Gasteiger partial charge < -0.3 is 19.5 Å². The smallest absolute Gasteiger partial charge is 0.275 e. The number of ether oxygens (including phenoxy) is 1. The highest BCUT2D eigenvalue weighted by Gasteiger charge is 2.56. The largest absolute Gasteiger partial charge is 0.483 e. The van der Waals surface area contributed by atoms with E-state index >= 15 is 0 Å². The van der Waals surface area contributed by atoms with Gasteiger partial charge in [0.2, 0.25) is 5.43 Å². The third kappa shape index (κ3) is 3.98. The molecule has 1 unspecified atom stereocenters. The van der Waals surface area contributed by atoms with E-state index in [9.17, 15) is 23.2 Å². The van der Waals surface area contributed by atoms with Gasteiger partial charge in [-0.1, -0.05) is 36.4 Å². The molecule has 0 radical (unpaired) electrons. The maximum absolute atomic E-state index is 14.1. The Morgan fingerprint density at radius 3 is 2.70 bits per heavy atom. The molecule has 2 amide bonds. The lowest BCUT2D eigenvalue weighted by Gasteiger charge is -2.44. The van der Waals surface area contributed by atoms with Gasteiger partial charge in [0, 0.05) is 37.5 Å². The highest BCUT2D eigenvalue weighted by molar-refractivity contribution is 5.99.